The Balaban J connectivity index is 2.30. The van der Waals surface area contributed by atoms with Gasteiger partial charge in [-0.2, -0.15) is 0 Å². The van der Waals surface area contributed by atoms with E-state index in [1.165, 1.54) is 0 Å². The fourth-order valence-corrected chi connectivity index (χ4v) is 3.77. The molecule has 3 N–H and O–H groups in total. The van der Waals surface area contributed by atoms with Gasteiger partial charge in [0.05, 0.1) is 12.0 Å². The van der Waals surface area contributed by atoms with Crippen molar-refractivity contribution in [3.05, 3.63) is 60.3 Å². The van der Waals surface area contributed by atoms with Gasteiger partial charge < -0.3 is 10.6 Å². The summed E-state index contributed by atoms with van der Waals surface area (Å²) in [6.45, 7) is 5.76. The Morgan fingerprint density at radius 1 is 1.09 bits per heavy atom. The van der Waals surface area contributed by atoms with Crippen LogP contribution >= 0.6 is 0 Å². The Kier molecular flexibility index (Phi) is 10.5. The van der Waals surface area contributed by atoms with Crippen LogP contribution in [-0.4, -0.2) is 45.6 Å². The van der Waals surface area contributed by atoms with Gasteiger partial charge in [-0.15, -0.1) is 0 Å². The second kappa shape index (κ2) is 13.3. The lowest BCUT2D eigenvalue weighted by Gasteiger charge is -2.32. The highest BCUT2D eigenvalue weighted by Crippen LogP contribution is 2.22. The van der Waals surface area contributed by atoms with E-state index in [0.717, 1.165) is 5.56 Å². The second-order valence-corrected chi connectivity index (χ2v) is 8.21. The van der Waals surface area contributed by atoms with Gasteiger partial charge in [-0.3, -0.25) is 19.6 Å². The molecule has 2 aromatic rings. The van der Waals surface area contributed by atoms with Crippen molar-refractivity contribution in [1.29, 1.82) is 0 Å². The first-order valence-electron chi connectivity index (χ1n) is 11.4. The average Bonchev–Trinajstić information content (AvgIpc) is 2.84. The number of carbonyl (C=O) groups is 3. The summed E-state index contributed by atoms with van der Waals surface area (Å²) in [7, 11) is 0. The zero-order valence-electron chi connectivity index (χ0n) is 19.5. The SMILES string of the molecule is CCC[C@@H]([C@@H](Cc1ccccc1)C(=O)N[C@H](C(=O)Nc1ccccn1)[C@@H](C)CC)N(O)C=O. The van der Waals surface area contributed by atoms with Crippen molar-refractivity contribution in [2.45, 2.75) is 58.5 Å². The minimum Gasteiger partial charge on any atom is -0.344 e. The summed E-state index contributed by atoms with van der Waals surface area (Å²) in [6.07, 6.45) is 4.00. The number of anilines is 1. The predicted octanol–water partition coefficient (Wildman–Crippen LogP) is 3.43. The van der Waals surface area contributed by atoms with E-state index in [-0.39, 0.29) is 17.7 Å². The molecule has 3 amide bonds. The van der Waals surface area contributed by atoms with Crippen LogP contribution in [0.4, 0.5) is 5.82 Å². The zero-order chi connectivity index (χ0) is 24.2. The summed E-state index contributed by atoms with van der Waals surface area (Å²) in [4.78, 5) is 42.0. The van der Waals surface area contributed by atoms with Gasteiger partial charge in [0, 0.05) is 6.20 Å². The molecule has 0 aliphatic heterocycles. The monoisotopic (exact) mass is 454 g/mol. The standard InChI is InChI=1S/C25H34N4O4/c1-4-11-21(29(33)17-30)20(16-19-12-7-6-8-13-19)24(31)28-23(18(3)5-2)25(32)27-22-14-9-10-15-26-22/h6-10,12-15,17-18,20-21,23,33H,4-5,11,16H2,1-3H3,(H,28,31)(H,26,27,32)/t18-,20+,21-,23-/m0/s1. The van der Waals surface area contributed by atoms with Gasteiger partial charge in [0.2, 0.25) is 18.2 Å². The van der Waals surface area contributed by atoms with Crippen LogP contribution in [0.5, 0.6) is 0 Å². The van der Waals surface area contributed by atoms with E-state index >= 15 is 0 Å². The Morgan fingerprint density at radius 2 is 1.79 bits per heavy atom. The van der Waals surface area contributed by atoms with Gasteiger partial charge in [-0.05, 0) is 36.5 Å². The maximum absolute atomic E-state index is 13.5. The van der Waals surface area contributed by atoms with E-state index in [1.807, 2.05) is 51.1 Å². The molecule has 0 fully saturated rings. The minimum absolute atomic E-state index is 0.143. The quantitative estimate of drug-likeness (QED) is 0.244. The van der Waals surface area contributed by atoms with Gasteiger partial charge in [0.1, 0.15) is 11.9 Å². The number of carbonyl (C=O) groups excluding carboxylic acids is 3. The lowest BCUT2D eigenvalue weighted by Crippen LogP contribution is -2.53. The first-order valence-corrected chi connectivity index (χ1v) is 11.4. The molecule has 8 heteroatoms. The fraction of sp³-hybridized carbons (Fsp3) is 0.440. The second-order valence-electron chi connectivity index (χ2n) is 8.21. The third-order valence-corrected chi connectivity index (χ3v) is 5.84. The highest BCUT2D eigenvalue weighted by molar-refractivity contribution is 5.97. The van der Waals surface area contributed by atoms with Crippen molar-refractivity contribution in [3.8, 4) is 0 Å². The number of hydrogen-bond acceptors (Lipinski definition) is 5. The number of hydroxylamine groups is 2. The third-order valence-electron chi connectivity index (χ3n) is 5.84. The van der Waals surface area contributed by atoms with Gasteiger partial charge in [0.15, 0.2) is 0 Å². The number of benzene rings is 1. The van der Waals surface area contributed by atoms with Crippen molar-refractivity contribution >= 4 is 24.0 Å². The van der Waals surface area contributed by atoms with Crippen LogP contribution in [0, 0.1) is 11.8 Å². The molecule has 1 aromatic carbocycles. The molecule has 0 aliphatic rings. The average molecular weight is 455 g/mol. The molecule has 0 saturated heterocycles. The molecule has 1 heterocycles. The number of amides is 3. The highest BCUT2D eigenvalue weighted by atomic mass is 16.5. The summed E-state index contributed by atoms with van der Waals surface area (Å²) >= 11 is 0. The van der Waals surface area contributed by atoms with Gasteiger partial charge in [-0.25, -0.2) is 10.0 Å². The molecular formula is C25H34N4O4. The van der Waals surface area contributed by atoms with Crippen molar-refractivity contribution in [1.82, 2.24) is 15.4 Å². The van der Waals surface area contributed by atoms with Crippen LogP contribution in [0.15, 0.2) is 54.7 Å². The molecule has 33 heavy (non-hydrogen) atoms. The summed E-state index contributed by atoms with van der Waals surface area (Å²) in [6, 6.07) is 13.1. The largest absolute Gasteiger partial charge is 0.344 e. The van der Waals surface area contributed by atoms with Crippen LogP contribution in [0.2, 0.25) is 0 Å². The molecule has 178 valence electrons. The van der Waals surface area contributed by atoms with Crippen LogP contribution in [-0.2, 0) is 20.8 Å². The minimum atomic E-state index is -0.798. The molecule has 0 bridgehead atoms. The molecule has 1 aromatic heterocycles. The first-order chi connectivity index (χ1) is 15.9. The Morgan fingerprint density at radius 3 is 2.36 bits per heavy atom. The van der Waals surface area contributed by atoms with E-state index in [9.17, 15) is 19.6 Å². The maximum atomic E-state index is 13.5. The maximum Gasteiger partial charge on any atom is 0.248 e. The molecule has 0 unspecified atom stereocenters. The van der Waals surface area contributed by atoms with E-state index in [2.05, 4.69) is 15.6 Å². The number of nitrogens with zero attached hydrogens (tertiary/aromatic N) is 2. The smallest absolute Gasteiger partial charge is 0.248 e. The predicted molar refractivity (Wildman–Crippen MR) is 126 cm³/mol. The topological polar surface area (TPSA) is 112 Å². The molecule has 0 saturated carbocycles. The third kappa shape index (κ3) is 7.68. The first kappa shape index (κ1) is 26.0. The summed E-state index contributed by atoms with van der Waals surface area (Å²) in [5.41, 5.74) is 0.899. The molecule has 0 spiro atoms. The van der Waals surface area contributed by atoms with Crippen molar-refractivity contribution < 1.29 is 19.6 Å². The normalized spacial score (nSPS) is 14.4. The van der Waals surface area contributed by atoms with Gasteiger partial charge in [-0.1, -0.05) is 70.0 Å². The molecule has 0 aliphatic carbocycles. The number of aromatic nitrogens is 1. The number of pyridine rings is 1. The van der Waals surface area contributed by atoms with Gasteiger partial charge in [0.25, 0.3) is 0 Å². The Labute approximate surface area is 195 Å². The van der Waals surface area contributed by atoms with E-state index < -0.39 is 18.0 Å². The van der Waals surface area contributed by atoms with Crippen LogP contribution in [0.25, 0.3) is 0 Å². The molecular weight excluding hydrogens is 420 g/mol. The van der Waals surface area contributed by atoms with Crippen molar-refractivity contribution in [2.75, 3.05) is 5.32 Å². The fourth-order valence-electron chi connectivity index (χ4n) is 3.77. The van der Waals surface area contributed by atoms with E-state index in [4.69, 9.17) is 0 Å². The molecule has 4 atom stereocenters. The lowest BCUT2D eigenvalue weighted by atomic mass is 9.87. The van der Waals surface area contributed by atoms with Crippen molar-refractivity contribution in [2.24, 2.45) is 11.8 Å². The molecule has 0 radical (unpaired) electrons. The Hall–Kier alpha value is -3.26. The van der Waals surface area contributed by atoms with Crippen LogP contribution < -0.4 is 10.6 Å². The molecule has 2 rings (SSSR count). The zero-order valence-corrected chi connectivity index (χ0v) is 19.5. The Bertz CT molecular complexity index is 878. The highest BCUT2D eigenvalue weighted by Gasteiger charge is 2.35. The summed E-state index contributed by atoms with van der Waals surface area (Å²) < 4.78 is 0. The number of nitrogens with one attached hydrogen (secondary N) is 2. The molecule has 8 nitrogen and oxygen atoms in total. The number of hydrogen-bond donors (Lipinski definition) is 3. The van der Waals surface area contributed by atoms with Gasteiger partial charge >= 0.3 is 0 Å². The lowest BCUT2D eigenvalue weighted by molar-refractivity contribution is -0.169. The van der Waals surface area contributed by atoms with Crippen LogP contribution in [0.3, 0.4) is 0 Å². The summed E-state index contributed by atoms with van der Waals surface area (Å²) in [5, 5.41) is 16.5. The van der Waals surface area contributed by atoms with Crippen molar-refractivity contribution in [3.63, 3.8) is 0 Å². The number of rotatable bonds is 13. The van der Waals surface area contributed by atoms with Crippen LogP contribution in [0.1, 0.15) is 45.6 Å². The summed E-state index contributed by atoms with van der Waals surface area (Å²) in [5.74, 6) is -1.23. The van der Waals surface area contributed by atoms with E-state index in [0.29, 0.717) is 43.0 Å². The van der Waals surface area contributed by atoms with E-state index in [1.54, 1.807) is 24.4 Å².